The molecule has 1 heterocycles. The molecule has 0 saturated heterocycles. The van der Waals surface area contributed by atoms with Gasteiger partial charge in [0.1, 0.15) is 11.3 Å². The van der Waals surface area contributed by atoms with E-state index in [1.807, 2.05) is 24.9 Å². The lowest BCUT2D eigenvalue weighted by Gasteiger charge is -2.25. The number of fused-ring (bicyclic) bond motifs is 1. The Kier molecular flexibility index (Phi) is 5.04. The van der Waals surface area contributed by atoms with E-state index in [1.165, 1.54) is 12.1 Å². The van der Waals surface area contributed by atoms with E-state index in [0.29, 0.717) is 23.4 Å². The molecule has 1 atom stereocenters. The van der Waals surface area contributed by atoms with E-state index < -0.39 is 17.3 Å². The molecule has 0 N–H and O–H groups in total. The van der Waals surface area contributed by atoms with Gasteiger partial charge in [0, 0.05) is 30.1 Å². The van der Waals surface area contributed by atoms with Crippen LogP contribution in [-0.2, 0) is 6.54 Å². The molecule has 0 aliphatic carbocycles. The normalized spacial score (nSPS) is 12.5. The Morgan fingerprint density at radius 2 is 1.88 bits per heavy atom. The fourth-order valence-electron chi connectivity index (χ4n) is 2.90. The monoisotopic (exact) mass is 359 g/mol. The minimum atomic E-state index is -0.874. The van der Waals surface area contributed by atoms with Crippen molar-refractivity contribution >= 4 is 11.0 Å². The van der Waals surface area contributed by atoms with Crippen LogP contribution in [0.5, 0.6) is 5.75 Å². The first-order valence-corrected chi connectivity index (χ1v) is 8.15. The Labute approximate surface area is 149 Å². The summed E-state index contributed by atoms with van der Waals surface area (Å²) in [5.74, 6) is -1.15. The van der Waals surface area contributed by atoms with Gasteiger partial charge in [-0.1, -0.05) is 6.07 Å². The molecular formula is C20H19F2NO3. The molecule has 3 aromatic rings. The van der Waals surface area contributed by atoms with Gasteiger partial charge in [-0.05, 0) is 49.4 Å². The van der Waals surface area contributed by atoms with E-state index in [0.717, 1.165) is 17.0 Å². The van der Waals surface area contributed by atoms with Crippen molar-refractivity contribution in [3.63, 3.8) is 0 Å². The lowest BCUT2D eigenvalue weighted by Crippen LogP contribution is -2.23. The first kappa shape index (κ1) is 18.1. The van der Waals surface area contributed by atoms with Gasteiger partial charge in [-0.25, -0.2) is 13.6 Å². The maximum atomic E-state index is 13.5. The number of rotatable bonds is 5. The van der Waals surface area contributed by atoms with Crippen LogP contribution in [0.4, 0.5) is 8.78 Å². The van der Waals surface area contributed by atoms with Gasteiger partial charge < -0.3 is 9.15 Å². The fraction of sp³-hybridized carbons (Fsp3) is 0.250. The van der Waals surface area contributed by atoms with Crippen molar-refractivity contribution in [3.8, 4) is 5.75 Å². The molecule has 2 aromatic carbocycles. The molecule has 1 aromatic heterocycles. The Morgan fingerprint density at radius 1 is 1.12 bits per heavy atom. The van der Waals surface area contributed by atoms with E-state index in [4.69, 9.17) is 9.15 Å². The molecule has 0 radical (unpaired) electrons. The number of halogens is 2. The summed E-state index contributed by atoms with van der Waals surface area (Å²) in [7, 11) is 3.40. The van der Waals surface area contributed by atoms with Crippen molar-refractivity contribution in [1.29, 1.82) is 0 Å². The molecule has 3 rings (SSSR count). The summed E-state index contributed by atoms with van der Waals surface area (Å²) in [6.07, 6.45) is 0. The van der Waals surface area contributed by atoms with Gasteiger partial charge in [0.15, 0.2) is 11.6 Å². The second-order valence-electron chi connectivity index (χ2n) is 6.22. The van der Waals surface area contributed by atoms with Crippen molar-refractivity contribution in [3.05, 3.63) is 75.6 Å². The summed E-state index contributed by atoms with van der Waals surface area (Å²) in [6, 6.07) is 10.4. The predicted molar refractivity (Wildman–Crippen MR) is 95.3 cm³/mol. The van der Waals surface area contributed by atoms with Crippen LogP contribution in [0.3, 0.4) is 0 Å². The van der Waals surface area contributed by atoms with Crippen molar-refractivity contribution in [2.75, 3.05) is 14.2 Å². The number of nitrogens with zero attached hydrogens (tertiary/aromatic N) is 1. The molecule has 26 heavy (non-hydrogen) atoms. The van der Waals surface area contributed by atoms with Crippen LogP contribution in [0.15, 0.2) is 51.7 Å². The Hall–Kier alpha value is -2.73. The van der Waals surface area contributed by atoms with Crippen LogP contribution in [0.25, 0.3) is 11.0 Å². The van der Waals surface area contributed by atoms with E-state index in [2.05, 4.69) is 0 Å². The third-order valence-corrected chi connectivity index (χ3v) is 4.54. The zero-order chi connectivity index (χ0) is 18.8. The zero-order valence-corrected chi connectivity index (χ0v) is 14.8. The Bertz CT molecular complexity index is 1000. The van der Waals surface area contributed by atoms with Crippen LogP contribution < -0.4 is 10.4 Å². The topological polar surface area (TPSA) is 42.7 Å². The second-order valence-corrected chi connectivity index (χ2v) is 6.22. The van der Waals surface area contributed by atoms with Crippen LogP contribution in [0, 0.1) is 11.6 Å². The van der Waals surface area contributed by atoms with Crippen LogP contribution in [0.2, 0.25) is 0 Å². The number of methoxy groups -OCH3 is 1. The molecule has 0 amide bonds. The average molecular weight is 359 g/mol. The van der Waals surface area contributed by atoms with E-state index in [9.17, 15) is 13.6 Å². The first-order valence-electron chi connectivity index (χ1n) is 8.15. The minimum absolute atomic E-state index is 0.175. The van der Waals surface area contributed by atoms with E-state index in [1.54, 1.807) is 25.3 Å². The summed E-state index contributed by atoms with van der Waals surface area (Å²) in [6.45, 7) is 2.33. The molecule has 0 bridgehead atoms. The van der Waals surface area contributed by atoms with Crippen LogP contribution in [-0.4, -0.2) is 19.1 Å². The second kappa shape index (κ2) is 7.25. The third-order valence-electron chi connectivity index (χ3n) is 4.54. The van der Waals surface area contributed by atoms with Gasteiger partial charge in [0.05, 0.1) is 7.11 Å². The lowest BCUT2D eigenvalue weighted by molar-refractivity contribution is 0.252. The van der Waals surface area contributed by atoms with Gasteiger partial charge in [-0.2, -0.15) is 0 Å². The summed E-state index contributed by atoms with van der Waals surface area (Å²) in [4.78, 5) is 13.8. The molecule has 0 aliphatic rings. The minimum Gasteiger partial charge on any atom is -0.497 e. The summed E-state index contributed by atoms with van der Waals surface area (Å²) >= 11 is 0. The van der Waals surface area contributed by atoms with Gasteiger partial charge in [0.25, 0.3) is 0 Å². The van der Waals surface area contributed by atoms with Crippen molar-refractivity contribution in [2.24, 2.45) is 0 Å². The molecule has 1 unspecified atom stereocenters. The van der Waals surface area contributed by atoms with Crippen molar-refractivity contribution in [2.45, 2.75) is 19.5 Å². The zero-order valence-electron chi connectivity index (χ0n) is 14.8. The highest BCUT2D eigenvalue weighted by Crippen LogP contribution is 2.26. The van der Waals surface area contributed by atoms with Crippen molar-refractivity contribution in [1.82, 2.24) is 4.90 Å². The average Bonchev–Trinajstić information content (AvgIpc) is 2.62. The molecule has 136 valence electrons. The fourth-order valence-corrected chi connectivity index (χ4v) is 2.90. The lowest BCUT2D eigenvalue weighted by atomic mass is 10.0. The van der Waals surface area contributed by atoms with Gasteiger partial charge in [-0.3, -0.25) is 4.90 Å². The van der Waals surface area contributed by atoms with Crippen molar-refractivity contribution < 1.29 is 17.9 Å². The van der Waals surface area contributed by atoms with Crippen LogP contribution >= 0.6 is 0 Å². The third kappa shape index (κ3) is 3.60. The Morgan fingerprint density at radius 3 is 2.58 bits per heavy atom. The molecular weight excluding hydrogens is 340 g/mol. The highest BCUT2D eigenvalue weighted by atomic mass is 19.2. The predicted octanol–water partition coefficient (Wildman–Crippen LogP) is 4.27. The molecule has 6 heteroatoms. The highest BCUT2D eigenvalue weighted by molar-refractivity contribution is 5.81. The quantitative estimate of drug-likeness (QED) is 0.638. The number of hydrogen-bond acceptors (Lipinski definition) is 4. The Balaban J connectivity index is 1.92. The number of ether oxygens (including phenoxy) is 1. The van der Waals surface area contributed by atoms with Crippen LogP contribution in [0.1, 0.15) is 24.1 Å². The SMILES string of the molecule is COc1ccc2c(CN(C)C(C)c3ccc(F)c(F)c3)cc(=O)oc2c1. The summed E-state index contributed by atoms with van der Waals surface area (Å²) < 4.78 is 37.1. The molecule has 0 aliphatic heterocycles. The maximum absolute atomic E-state index is 13.5. The smallest absolute Gasteiger partial charge is 0.336 e. The van der Waals surface area contributed by atoms with Gasteiger partial charge >= 0.3 is 5.63 Å². The standard InChI is InChI=1S/C20H19F2NO3/c1-12(13-4-7-17(21)18(22)8-13)23(2)11-14-9-20(24)26-19-10-15(25-3)5-6-16(14)19/h4-10,12H,11H2,1-3H3. The van der Waals surface area contributed by atoms with Gasteiger partial charge in [-0.15, -0.1) is 0 Å². The summed E-state index contributed by atoms with van der Waals surface area (Å²) in [5.41, 5.74) is 1.44. The van der Waals surface area contributed by atoms with E-state index in [-0.39, 0.29) is 6.04 Å². The molecule has 4 nitrogen and oxygen atoms in total. The van der Waals surface area contributed by atoms with Gasteiger partial charge in [0.2, 0.25) is 0 Å². The van der Waals surface area contributed by atoms with E-state index >= 15 is 0 Å². The molecule has 0 saturated carbocycles. The first-order chi connectivity index (χ1) is 12.4. The molecule has 0 spiro atoms. The number of benzene rings is 2. The molecule has 0 fully saturated rings. The number of hydrogen-bond donors (Lipinski definition) is 0. The largest absolute Gasteiger partial charge is 0.497 e. The maximum Gasteiger partial charge on any atom is 0.336 e. The highest BCUT2D eigenvalue weighted by Gasteiger charge is 2.16. The summed E-state index contributed by atoms with van der Waals surface area (Å²) in [5, 5.41) is 0.801.